The summed E-state index contributed by atoms with van der Waals surface area (Å²) >= 11 is 5.34. The van der Waals surface area contributed by atoms with Crippen LogP contribution in [0.5, 0.6) is 5.75 Å². The first-order valence-corrected chi connectivity index (χ1v) is 10.5. The maximum absolute atomic E-state index is 5.89. The Bertz CT molecular complexity index is 660. The average molecular weight is 385 g/mol. The predicted molar refractivity (Wildman–Crippen MR) is 120 cm³/mol. The van der Waals surface area contributed by atoms with Crippen molar-refractivity contribution in [3.05, 3.63) is 60.2 Å². The van der Waals surface area contributed by atoms with E-state index in [2.05, 4.69) is 47.9 Å². The number of thiocarbonyl (C=S) groups is 1. The normalized spacial score (nSPS) is 10.4. The van der Waals surface area contributed by atoms with Gasteiger partial charge in [0.25, 0.3) is 0 Å². The maximum Gasteiger partial charge on any atom is 0.170 e. The Balaban J connectivity index is 1.61. The minimum Gasteiger partial charge on any atom is -0.494 e. The number of aryl methyl sites for hydroxylation is 1. The second-order valence-corrected chi connectivity index (χ2v) is 7.17. The van der Waals surface area contributed by atoms with Gasteiger partial charge in [0.05, 0.1) is 6.61 Å². The number of hydrogen-bond donors (Lipinski definition) is 2. The molecule has 146 valence electrons. The third kappa shape index (κ3) is 9.43. The Morgan fingerprint density at radius 1 is 0.926 bits per heavy atom. The molecule has 2 aromatic carbocycles. The average Bonchev–Trinajstić information content (AvgIpc) is 2.69. The minimum atomic E-state index is 0.671. The summed E-state index contributed by atoms with van der Waals surface area (Å²) in [6, 6.07) is 18.7. The van der Waals surface area contributed by atoms with Crippen LogP contribution in [0, 0.1) is 0 Å². The summed E-state index contributed by atoms with van der Waals surface area (Å²) in [7, 11) is 0. The molecule has 0 saturated carbocycles. The highest BCUT2D eigenvalue weighted by Crippen LogP contribution is 2.18. The smallest absolute Gasteiger partial charge is 0.170 e. The first-order chi connectivity index (χ1) is 13.3. The van der Waals surface area contributed by atoms with Gasteiger partial charge in [0.2, 0.25) is 0 Å². The molecule has 0 spiro atoms. The van der Waals surface area contributed by atoms with Crippen LogP contribution < -0.4 is 15.4 Å². The van der Waals surface area contributed by atoms with E-state index in [1.807, 2.05) is 24.3 Å². The van der Waals surface area contributed by atoms with Gasteiger partial charge in [-0.05, 0) is 62.0 Å². The van der Waals surface area contributed by atoms with Gasteiger partial charge in [-0.25, -0.2) is 0 Å². The Morgan fingerprint density at radius 2 is 1.78 bits per heavy atom. The van der Waals surface area contributed by atoms with Crippen LogP contribution in [0.25, 0.3) is 0 Å². The minimum absolute atomic E-state index is 0.671. The molecule has 0 aromatic heterocycles. The quantitative estimate of drug-likeness (QED) is 0.350. The summed E-state index contributed by atoms with van der Waals surface area (Å²) in [6.07, 6.45) is 8.18. The predicted octanol–water partition coefficient (Wildman–Crippen LogP) is 5.96. The fourth-order valence-corrected chi connectivity index (χ4v) is 3.08. The van der Waals surface area contributed by atoms with Crippen LogP contribution in [0.2, 0.25) is 0 Å². The molecule has 0 aliphatic rings. The molecule has 0 saturated heterocycles. The number of benzene rings is 2. The van der Waals surface area contributed by atoms with E-state index in [1.54, 1.807) is 0 Å². The molecule has 2 rings (SSSR count). The van der Waals surface area contributed by atoms with Gasteiger partial charge in [-0.2, -0.15) is 0 Å². The molecule has 0 aliphatic carbocycles. The molecule has 2 N–H and O–H groups in total. The van der Waals surface area contributed by atoms with Crippen molar-refractivity contribution >= 4 is 23.0 Å². The van der Waals surface area contributed by atoms with E-state index in [9.17, 15) is 0 Å². The van der Waals surface area contributed by atoms with E-state index in [0.717, 1.165) is 43.9 Å². The van der Waals surface area contributed by atoms with Crippen LogP contribution >= 0.6 is 12.2 Å². The molecule has 0 aliphatic heterocycles. The highest BCUT2D eigenvalue weighted by Gasteiger charge is 2.00. The van der Waals surface area contributed by atoms with Crippen molar-refractivity contribution in [2.24, 2.45) is 0 Å². The topological polar surface area (TPSA) is 33.3 Å². The van der Waals surface area contributed by atoms with Crippen molar-refractivity contribution in [3.8, 4) is 5.75 Å². The van der Waals surface area contributed by atoms with Gasteiger partial charge in [-0.1, -0.05) is 56.2 Å². The summed E-state index contributed by atoms with van der Waals surface area (Å²) < 4.78 is 5.89. The lowest BCUT2D eigenvalue weighted by molar-refractivity contribution is 0.305. The van der Waals surface area contributed by atoms with Crippen molar-refractivity contribution < 1.29 is 4.74 Å². The fourth-order valence-electron chi connectivity index (χ4n) is 2.86. The zero-order valence-corrected chi connectivity index (χ0v) is 17.2. The molecule has 0 amide bonds. The van der Waals surface area contributed by atoms with Crippen LogP contribution in [0.15, 0.2) is 54.6 Å². The molecule has 3 nitrogen and oxygen atoms in total. The summed E-state index contributed by atoms with van der Waals surface area (Å²) in [5, 5.41) is 7.14. The molecular formula is C23H32N2OS. The molecule has 0 heterocycles. The third-order valence-corrected chi connectivity index (χ3v) is 4.63. The SMILES string of the molecule is CCCCCNC(=S)Nc1cccc(OCCCCCc2ccccc2)c1. The molecule has 0 unspecified atom stereocenters. The molecule has 0 bridgehead atoms. The molecule has 27 heavy (non-hydrogen) atoms. The van der Waals surface area contributed by atoms with E-state index in [0.29, 0.717) is 5.11 Å². The number of nitrogens with one attached hydrogen (secondary N) is 2. The van der Waals surface area contributed by atoms with Crippen LogP contribution in [0.1, 0.15) is 51.0 Å². The summed E-state index contributed by atoms with van der Waals surface area (Å²) in [5.74, 6) is 0.886. The Hall–Kier alpha value is -2.07. The number of unbranched alkanes of at least 4 members (excludes halogenated alkanes) is 4. The fraction of sp³-hybridized carbons (Fsp3) is 0.435. The number of hydrogen-bond acceptors (Lipinski definition) is 2. The van der Waals surface area contributed by atoms with E-state index >= 15 is 0 Å². The molecule has 0 fully saturated rings. The lowest BCUT2D eigenvalue weighted by Crippen LogP contribution is -2.29. The van der Waals surface area contributed by atoms with Gasteiger partial charge >= 0.3 is 0 Å². The highest BCUT2D eigenvalue weighted by atomic mass is 32.1. The van der Waals surface area contributed by atoms with Crippen LogP contribution in [0.3, 0.4) is 0 Å². The third-order valence-electron chi connectivity index (χ3n) is 4.38. The maximum atomic E-state index is 5.89. The summed E-state index contributed by atoms with van der Waals surface area (Å²) in [5.41, 5.74) is 2.38. The summed E-state index contributed by atoms with van der Waals surface area (Å²) in [6.45, 7) is 3.86. The van der Waals surface area contributed by atoms with Crippen LogP contribution in [0.4, 0.5) is 5.69 Å². The largest absolute Gasteiger partial charge is 0.494 e. The Morgan fingerprint density at radius 3 is 2.59 bits per heavy atom. The van der Waals surface area contributed by atoms with Gasteiger partial charge in [0.1, 0.15) is 5.75 Å². The molecule has 2 aromatic rings. The molecule has 0 radical (unpaired) electrons. The first-order valence-electron chi connectivity index (χ1n) is 10.1. The van der Waals surface area contributed by atoms with E-state index < -0.39 is 0 Å². The second-order valence-electron chi connectivity index (χ2n) is 6.76. The van der Waals surface area contributed by atoms with Gasteiger partial charge in [0.15, 0.2) is 5.11 Å². The Labute approximate surface area is 169 Å². The van der Waals surface area contributed by atoms with Gasteiger partial charge < -0.3 is 15.4 Å². The monoisotopic (exact) mass is 384 g/mol. The first kappa shape index (κ1) is 21.2. The van der Waals surface area contributed by atoms with Gasteiger partial charge in [0, 0.05) is 18.3 Å². The van der Waals surface area contributed by atoms with Crippen LogP contribution in [-0.2, 0) is 6.42 Å². The Kier molecular flexibility index (Phi) is 10.3. The zero-order chi connectivity index (χ0) is 19.2. The lowest BCUT2D eigenvalue weighted by Gasteiger charge is -2.12. The van der Waals surface area contributed by atoms with E-state index in [1.165, 1.54) is 31.2 Å². The van der Waals surface area contributed by atoms with Crippen molar-refractivity contribution in [1.82, 2.24) is 5.32 Å². The van der Waals surface area contributed by atoms with Crippen molar-refractivity contribution in [3.63, 3.8) is 0 Å². The number of anilines is 1. The van der Waals surface area contributed by atoms with Crippen molar-refractivity contribution in [2.45, 2.75) is 51.9 Å². The lowest BCUT2D eigenvalue weighted by atomic mass is 10.1. The van der Waals surface area contributed by atoms with Crippen molar-refractivity contribution in [2.75, 3.05) is 18.5 Å². The second kappa shape index (κ2) is 13.2. The molecule has 0 atom stereocenters. The van der Waals surface area contributed by atoms with Crippen molar-refractivity contribution in [1.29, 1.82) is 0 Å². The zero-order valence-electron chi connectivity index (χ0n) is 16.4. The highest BCUT2D eigenvalue weighted by molar-refractivity contribution is 7.80. The van der Waals surface area contributed by atoms with Crippen LogP contribution in [-0.4, -0.2) is 18.3 Å². The number of ether oxygens (including phenoxy) is 1. The molecule has 4 heteroatoms. The standard InChI is InChI=1S/C23H32N2OS/c1-2-3-9-17-24-23(27)25-21-15-11-16-22(19-21)26-18-10-5-8-14-20-12-6-4-7-13-20/h4,6-7,11-13,15-16,19H,2-3,5,8-10,14,17-18H2,1H3,(H2,24,25,27). The molecular weight excluding hydrogens is 352 g/mol. The van der Waals surface area contributed by atoms with E-state index in [-0.39, 0.29) is 0 Å². The van der Waals surface area contributed by atoms with E-state index in [4.69, 9.17) is 17.0 Å². The van der Waals surface area contributed by atoms with Gasteiger partial charge in [-0.15, -0.1) is 0 Å². The van der Waals surface area contributed by atoms with Gasteiger partial charge in [-0.3, -0.25) is 0 Å². The number of rotatable bonds is 12. The summed E-state index contributed by atoms with van der Waals surface area (Å²) in [4.78, 5) is 0.